The maximum Gasteiger partial charge on any atom is 0.256 e. The number of ether oxygens (including phenoxy) is 1. The number of carbonyl (C=O) groups is 1. The van der Waals surface area contributed by atoms with Crippen molar-refractivity contribution in [3.63, 3.8) is 0 Å². The molecule has 136 valence electrons. The SMILES string of the molecule is COc1ccccc1C(=O)NC12CCC(C[C@H](Cc3ccccc3)C1)N2. The van der Waals surface area contributed by atoms with Gasteiger partial charge in [-0.2, -0.15) is 0 Å². The lowest BCUT2D eigenvalue weighted by molar-refractivity contribution is 0.0828. The molecule has 0 aromatic heterocycles. The van der Waals surface area contributed by atoms with Crippen molar-refractivity contribution in [1.29, 1.82) is 0 Å². The van der Waals surface area contributed by atoms with E-state index in [0.29, 0.717) is 23.3 Å². The van der Waals surface area contributed by atoms with Gasteiger partial charge in [0.15, 0.2) is 0 Å². The summed E-state index contributed by atoms with van der Waals surface area (Å²) < 4.78 is 5.35. The van der Waals surface area contributed by atoms with E-state index in [1.807, 2.05) is 24.3 Å². The number of fused-ring (bicyclic) bond motifs is 2. The molecule has 0 radical (unpaired) electrons. The lowest BCUT2D eigenvalue weighted by Crippen LogP contribution is -2.60. The Balaban J connectivity index is 1.49. The first-order valence-corrected chi connectivity index (χ1v) is 9.45. The highest BCUT2D eigenvalue weighted by molar-refractivity contribution is 5.97. The third kappa shape index (κ3) is 3.47. The van der Waals surface area contributed by atoms with Crippen LogP contribution in [0.2, 0.25) is 0 Å². The molecule has 26 heavy (non-hydrogen) atoms. The Kier molecular flexibility index (Phi) is 4.68. The molecule has 2 aliphatic heterocycles. The van der Waals surface area contributed by atoms with Crippen molar-refractivity contribution >= 4 is 5.91 Å². The van der Waals surface area contributed by atoms with Crippen LogP contribution in [0.1, 0.15) is 41.6 Å². The molecule has 2 heterocycles. The zero-order valence-corrected chi connectivity index (χ0v) is 15.2. The number of hydrogen-bond donors (Lipinski definition) is 2. The van der Waals surface area contributed by atoms with Crippen molar-refractivity contribution in [2.45, 2.75) is 43.8 Å². The van der Waals surface area contributed by atoms with Gasteiger partial charge in [-0.15, -0.1) is 0 Å². The molecule has 4 rings (SSSR count). The van der Waals surface area contributed by atoms with Gasteiger partial charge in [0.05, 0.1) is 18.3 Å². The van der Waals surface area contributed by atoms with Gasteiger partial charge in [0.2, 0.25) is 0 Å². The van der Waals surface area contributed by atoms with E-state index in [2.05, 4.69) is 41.0 Å². The number of piperidine rings is 1. The summed E-state index contributed by atoms with van der Waals surface area (Å²) in [6.45, 7) is 0. The van der Waals surface area contributed by atoms with Gasteiger partial charge in [0.25, 0.3) is 5.91 Å². The number of rotatable bonds is 5. The van der Waals surface area contributed by atoms with Gasteiger partial charge in [-0.25, -0.2) is 0 Å². The molecule has 2 bridgehead atoms. The summed E-state index contributed by atoms with van der Waals surface area (Å²) in [4.78, 5) is 12.9. The molecule has 2 N–H and O–H groups in total. The maximum absolute atomic E-state index is 12.9. The monoisotopic (exact) mass is 350 g/mol. The van der Waals surface area contributed by atoms with Crippen molar-refractivity contribution in [1.82, 2.24) is 10.6 Å². The lowest BCUT2D eigenvalue weighted by atomic mass is 9.84. The summed E-state index contributed by atoms with van der Waals surface area (Å²) in [6.07, 6.45) is 5.34. The van der Waals surface area contributed by atoms with Crippen LogP contribution in [0.15, 0.2) is 54.6 Å². The van der Waals surface area contributed by atoms with E-state index in [9.17, 15) is 4.79 Å². The average Bonchev–Trinajstić information content (AvgIpc) is 2.96. The van der Waals surface area contributed by atoms with E-state index in [1.165, 1.54) is 12.0 Å². The van der Waals surface area contributed by atoms with Gasteiger partial charge in [-0.05, 0) is 55.7 Å². The summed E-state index contributed by atoms with van der Waals surface area (Å²) in [5.41, 5.74) is 1.69. The molecular formula is C22H26N2O2. The van der Waals surface area contributed by atoms with Gasteiger partial charge in [0, 0.05) is 6.04 Å². The van der Waals surface area contributed by atoms with E-state index in [0.717, 1.165) is 25.7 Å². The molecular weight excluding hydrogens is 324 g/mol. The highest BCUT2D eigenvalue weighted by atomic mass is 16.5. The summed E-state index contributed by atoms with van der Waals surface area (Å²) in [5.74, 6) is 1.15. The first-order valence-electron chi connectivity index (χ1n) is 9.45. The van der Waals surface area contributed by atoms with E-state index >= 15 is 0 Å². The van der Waals surface area contributed by atoms with E-state index in [-0.39, 0.29) is 11.6 Å². The fourth-order valence-corrected chi connectivity index (χ4v) is 4.64. The maximum atomic E-state index is 12.9. The summed E-state index contributed by atoms with van der Waals surface area (Å²) >= 11 is 0. The molecule has 2 aliphatic rings. The molecule has 2 aromatic rings. The van der Waals surface area contributed by atoms with Gasteiger partial charge in [0.1, 0.15) is 5.75 Å². The molecule has 2 fully saturated rings. The molecule has 2 unspecified atom stereocenters. The number of methoxy groups -OCH3 is 1. The summed E-state index contributed by atoms with van der Waals surface area (Å²) in [5, 5.41) is 6.99. The minimum atomic E-state index is -0.291. The Morgan fingerprint density at radius 1 is 1.19 bits per heavy atom. The van der Waals surface area contributed by atoms with Gasteiger partial charge in [-0.3, -0.25) is 10.1 Å². The Bertz CT molecular complexity index is 777. The van der Waals surface area contributed by atoms with Crippen LogP contribution in [0, 0.1) is 5.92 Å². The minimum Gasteiger partial charge on any atom is -0.496 e. The zero-order valence-electron chi connectivity index (χ0n) is 15.2. The molecule has 2 saturated heterocycles. The number of amides is 1. The van der Waals surface area contributed by atoms with E-state index in [4.69, 9.17) is 4.74 Å². The minimum absolute atomic E-state index is 0.0593. The zero-order chi connectivity index (χ0) is 18.0. The van der Waals surface area contributed by atoms with Crippen molar-refractivity contribution in [2.24, 2.45) is 5.92 Å². The van der Waals surface area contributed by atoms with Crippen LogP contribution in [-0.4, -0.2) is 24.7 Å². The Labute approximate surface area is 155 Å². The molecule has 4 heteroatoms. The van der Waals surface area contributed by atoms with Crippen molar-refractivity contribution in [3.05, 3.63) is 65.7 Å². The molecule has 1 amide bonds. The second-order valence-corrected chi connectivity index (χ2v) is 7.61. The highest BCUT2D eigenvalue weighted by Gasteiger charge is 2.46. The quantitative estimate of drug-likeness (QED) is 0.867. The predicted octanol–water partition coefficient (Wildman–Crippen LogP) is 3.53. The van der Waals surface area contributed by atoms with Crippen LogP contribution in [0.3, 0.4) is 0 Å². The number of benzene rings is 2. The second kappa shape index (κ2) is 7.12. The fraction of sp³-hybridized carbons (Fsp3) is 0.409. The lowest BCUT2D eigenvalue weighted by Gasteiger charge is -2.40. The van der Waals surface area contributed by atoms with Crippen molar-refractivity contribution < 1.29 is 9.53 Å². The van der Waals surface area contributed by atoms with Crippen LogP contribution in [0.25, 0.3) is 0 Å². The highest BCUT2D eigenvalue weighted by Crippen LogP contribution is 2.39. The fourth-order valence-electron chi connectivity index (χ4n) is 4.64. The van der Waals surface area contributed by atoms with Crippen molar-refractivity contribution in [2.75, 3.05) is 7.11 Å². The van der Waals surface area contributed by atoms with Crippen LogP contribution in [0.5, 0.6) is 5.75 Å². The van der Waals surface area contributed by atoms with Crippen LogP contribution < -0.4 is 15.4 Å². The van der Waals surface area contributed by atoms with Gasteiger partial charge >= 0.3 is 0 Å². The van der Waals surface area contributed by atoms with E-state index < -0.39 is 0 Å². The largest absolute Gasteiger partial charge is 0.496 e. The molecule has 0 saturated carbocycles. The average molecular weight is 350 g/mol. The molecule has 4 nitrogen and oxygen atoms in total. The third-order valence-electron chi connectivity index (χ3n) is 5.73. The summed E-state index contributed by atoms with van der Waals surface area (Å²) in [7, 11) is 1.60. The normalized spacial score (nSPS) is 27.1. The number of para-hydroxylation sites is 1. The Hall–Kier alpha value is -2.33. The second-order valence-electron chi connectivity index (χ2n) is 7.61. The van der Waals surface area contributed by atoms with Gasteiger partial charge in [-0.1, -0.05) is 42.5 Å². The van der Waals surface area contributed by atoms with Crippen molar-refractivity contribution in [3.8, 4) is 5.75 Å². The Morgan fingerprint density at radius 3 is 2.77 bits per heavy atom. The first-order chi connectivity index (χ1) is 12.7. The number of hydrogen-bond acceptors (Lipinski definition) is 3. The standard InChI is InChI=1S/C22H26N2O2/c1-26-20-10-6-5-9-19(20)21(25)24-22-12-11-18(23-22)14-17(15-22)13-16-7-3-2-4-8-16/h2-10,17-18,23H,11-15H2,1H3,(H,24,25)/t17-,18?,22?/m0/s1. The smallest absolute Gasteiger partial charge is 0.256 e. The molecule has 0 spiro atoms. The molecule has 3 atom stereocenters. The summed E-state index contributed by atoms with van der Waals surface area (Å²) in [6, 6.07) is 18.6. The predicted molar refractivity (Wildman–Crippen MR) is 102 cm³/mol. The van der Waals surface area contributed by atoms with Crippen LogP contribution >= 0.6 is 0 Å². The van der Waals surface area contributed by atoms with E-state index in [1.54, 1.807) is 7.11 Å². The van der Waals surface area contributed by atoms with Gasteiger partial charge < -0.3 is 10.1 Å². The number of nitrogens with one attached hydrogen (secondary N) is 2. The first kappa shape index (κ1) is 17.1. The molecule has 0 aliphatic carbocycles. The molecule has 2 aromatic carbocycles. The van der Waals surface area contributed by atoms with Crippen LogP contribution in [-0.2, 0) is 6.42 Å². The Morgan fingerprint density at radius 2 is 1.96 bits per heavy atom. The number of carbonyl (C=O) groups excluding carboxylic acids is 1. The van der Waals surface area contributed by atoms with Crippen LogP contribution in [0.4, 0.5) is 0 Å². The third-order valence-corrected chi connectivity index (χ3v) is 5.73. The topological polar surface area (TPSA) is 50.4 Å².